The fourth-order valence-electron chi connectivity index (χ4n) is 3.32. The van der Waals surface area contributed by atoms with E-state index in [9.17, 15) is 13.2 Å². The molecule has 2 aromatic rings. The maximum absolute atomic E-state index is 12.8. The number of hydrogen-bond donors (Lipinski definition) is 0. The second-order valence-electron chi connectivity index (χ2n) is 6.89. The Bertz CT molecular complexity index is 921. The van der Waals surface area contributed by atoms with Crippen molar-refractivity contribution in [3.05, 3.63) is 64.1 Å². The van der Waals surface area contributed by atoms with Crippen molar-refractivity contribution in [3.63, 3.8) is 0 Å². The largest absolute Gasteiger partial charge is 0.340 e. The summed E-state index contributed by atoms with van der Waals surface area (Å²) in [5, 5.41) is 0. The zero-order chi connectivity index (χ0) is 20.1. The van der Waals surface area contributed by atoms with Gasteiger partial charge in [0.05, 0.1) is 4.90 Å². The molecule has 7 heteroatoms. The Morgan fingerprint density at radius 2 is 1.57 bits per heavy atom. The summed E-state index contributed by atoms with van der Waals surface area (Å²) in [5.41, 5.74) is 2.44. The van der Waals surface area contributed by atoms with E-state index in [0.29, 0.717) is 43.5 Å². The van der Waals surface area contributed by atoms with Gasteiger partial charge < -0.3 is 4.90 Å². The van der Waals surface area contributed by atoms with Crippen LogP contribution in [0.15, 0.2) is 57.9 Å². The van der Waals surface area contributed by atoms with E-state index in [0.717, 1.165) is 12.0 Å². The first-order valence-electron chi connectivity index (χ1n) is 9.52. The van der Waals surface area contributed by atoms with Gasteiger partial charge in [-0.2, -0.15) is 4.31 Å². The molecule has 0 aliphatic carbocycles. The van der Waals surface area contributed by atoms with Crippen LogP contribution in [0.3, 0.4) is 0 Å². The van der Waals surface area contributed by atoms with Crippen molar-refractivity contribution in [1.82, 2.24) is 9.21 Å². The number of carbonyl (C=O) groups is 1. The number of benzene rings is 2. The van der Waals surface area contributed by atoms with Gasteiger partial charge in [0, 0.05) is 37.1 Å². The topological polar surface area (TPSA) is 57.7 Å². The Morgan fingerprint density at radius 1 is 0.964 bits per heavy atom. The molecule has 28 heavy (non-hydrogen) atoms. The molecule has 0 radical (unpaired) electrons. The van der Waals surface area contributed by atoms with Crippen LogP contribution in [0.5, 0.6) is 0 Å². The number of sulfonamides is 1. The van der Waals surface area contributed by atoms with E-state index in [2.05, 4.69) is 47.1 Å². The van der Waals surface area contributed by atoms with Gasteiger partial charge in [-0.15, -0.1) is 0 Å². The van der Waals surface area contributed by atoms with Crippen LogP contribution in [0.4, 0.5) is 0 Å². The number of halogens is 1. The molecule has 0 spiro atoms. The summed E-state index contributed by atoms with van der Waals surface area (Å²) in [4.78, 5) is 14.6. The molecule has 1 aliphatic rings. The van der Waals surface area contributed by atoms with Crippen LogP contribution in [0.25, 0.3) is 0 Å². The van der Waals surface area contributed by atoms with Crippen LogP contribution < -0.4 is 0 Å². The zero-order valence-corrected chi connectivity index (χ0v) is 18.4. The molecular weight excluding hydrogens is 440 g/mol. The molecule has 1 fully saturated rings. The van der Waals surface area contributed by atoms with Crippen LogP contribution in [0.2, 0.25) is 0 Å². The SMILES string of the molecule is CCc1ccc(CCC(=O)N2CCN(S(=O)(=O)c3ccccc3Br)CC2)cc1. The molecule has 0 bridgehead atoms. The molecular formula is C21H25BrN2O3S. The lowest BCUT2D eigenvalue weighted by Crippen LogP contribution is -2.50. The monoisotopic (exact) mass is 464 g/mol. The molecule has 1 aliphatic heterocycles. The van der Waals surface area contributed by atoms with Crippen molar-refractivity contribution in [1.29, 1.82) is 0 Å². The Labute approximate surface area is 175 Å². The van der Waals surface area contributed by atoms with Crippen molar-refractivity contribution >= 4 is 31.9 Å². The molecule has 1 saturated heterocycles. The molecule has 3 rings (SSSR count). The summed E-state index contributed by atoms with van der Waals surface area (Å²) < 4.78 is 27.7. The van der Waals surface area contributed by atoms with Crippen molar-refractivity contribution in [3.8, 4) is 0 Å². The van der Waals surface area contributed by atoms with E-state index in [1.165, 1.54) is 9.87 Å². The van der Waals surface area contributed by atoms with E-state index >= 15 is 0 Å². The highest BCUT2D eigenvalue weighted by Gasteiger charge is 2.31. The summed E-state index contributed by atoms with van der Waals surface area (Å²) in [7, 11) is -3.56. The highest BCUT2D eigenvalue weighted by Crippen LogP contribution is 2.25. The van der Waals surface area contributed by atoms with E-state index in [1.54, 1.807) is 29.2 Å². The van der Waals surface area contributed by atoms with Gasteiger partial charge in [-0.1, -0.05) is 43.3 Å². The van der Waals surface area contributed by atoms with Gasteiger partial charge in [0.25, 0.3) is 0 Å². The fourth-order valence-corrected chi connectivity index (χ4v) is 5.71. The Morgan fingerprint density at radius 3 is 2.18 bits per heavy atom. The maximum atomic E-state index is 12.8. The average Bonchev–Trinajstić information content (AvgIpc) is 2.72. The van der Waals surface area contributed by atoms with Crippen LogP contribution in [-0.2, 0) is 27.7 Å². The quantitative estimate of drug-likeness (QED) is 0.657. The van der Waals surface area contributed by atoms with E-state index < -0.39 is 10.0 Å². The van der Waals surface area contributed by atoms with Crippen molar-refractivity contribution in [2.45, 2.75) is 31.1 Å². The van der Waals surface area contributed by atoms with Gasteiger partial charge >= 0.3 is 0 Å². The molecule has 0 aromatic heterocycles. The predicted molar refractivity (Wildman–Crippen MR) is 114 cm³/mol. The lowest BCUT2D eigenvalue weighted by atomic mass is 10.1. The lowest BCUT2D eigenvalue weighted by molar-refractivity contribution is -0.132. The van der Waals surface area contributed by atoms with Crippen molar-refractivity contribution in [2.24, 2.45) is 0 Å². The second kappa shape index (κ2) is 9.20. The van der Waals surface area contributed by atoms with E-state index in [-0.39, 0.29) is 10.8 Å². The van der Waals surface area contributed by atoms with Crippen LogP contribution in [0, 0.1) is 0 Å². The van der Waals surface area contributed by atoms with Crippen molar-refractivity contribution < 1.29 is 13.2 Å². The normalized spacial score (nSPS) is 15.6. The highest BCUT2D eigenvalue weighted by molar-refractivity contribution is 9.10. The zero-order valence-electron chi connectivity index (χ0n) is 16.0. The third-order valence-corrected chi connectivity index (χ3v) is 8.02. The minimum absolute atomic E-state index is 0.0810. The molecule has 0 N–H and O–H groups in total. The van der Waals surface area contributed by atoms with E-state index in [4.69, 9.17) is 0 Å². The van der Waals surface area contributed by atoms with Gasteiger partial charge in [-0.3, -0.25) is 4.79 Å². The Hall–Kier alpha value is -1.70. The molecule has 0 atom stereocenters. The molecule has 2 aromatic carbocycles. The third-order valence-electron chi connectivity index (χ3n) is 5.10. The number of piperazine rings is 1. The van der Waals surface area contributed by atoms with Gasteiger partial charge in [-0.05, 0) is 52.0 Å². The third kappa shape index (κ3) is 4.82. The minimum atomic E-state index is -3.56. The van der Waals surface area contributed by atoms with Crippen molar-refractivity contribution in [2.75, 3.05) is 26.2 Å². The number of aryl methyl sites for hydroxylation is 2. The van der Waals surface area contributed by atoms with Crippen LogP contribution in [-0.4, -0.2) is 49.7 Å². The van der Waals surface area contributed by atoms with Crippen LogP contribution in [0.1, 0.15) is 24.5 Å². The van der Waals surface area contributed by atoms with Gasteiger partial charge in [0.2, 0.25) is 15.9 Å². The Kier molecular flexibility index (Phi) is 6.91. The second-order valence-corrected chi connectivity index (χ2v) is 9.65. The first kappa shape index (κ1) is 21.0. The molecule has 1 amide bonds. The number of nitrogens with zero attached hydrogens (tertiary/aromatic N) is 2. The number of rotatable bonds is 6. The van der Waals surface area contributed by atoms with E-state index in [1.807, 2.05) is 0 Å². The predicted octanol–water partition coefficient (Wildman–Crippen LogP) is 3.48. The molecule has 1 heterocycles. The summed E-state index contributed by atoms with van der Waals surface area (Å²) in [5.74, 6) is 0.0810. The smallest absolute Gasteiger partial charge is 0.244 e. The van der Waals surface area contributed by atoms with Gasteiger partial charge in [0.1, 0.15) is 0 Å². The molecule has 150 valence electrons. The first-order valence-corrected chi connectivity index (χ1v) is 11.8. The van der Waals surface area contributed by atoms with Gasteiger partial charge in [0.15, 0.2) is 0 Å². The fraction of sp³-hybridized carbons (Fsp3) is 0.381. The number of carbonyl (C=O) groups excluding carboxylic acids is 1. The van der Waals surface area contributed by atoms with Gasteiger partial charge in [-0.25, -0.2) is 8.42 Å². The number of amides is 1. The standard InChI is InChI=1S/C21H25BrN2O3S/c1-2-17-7-9-18(10-8-17)11-12-21(25)23-13-15-24(16-14-23)28(26,27)20-6-4-3-5-19(20)22/h3-10H,2,11-16H2,1H3. The summed E-state index contributed by atoms with van der Waals surface area (Å²) in [6.07, 6.45) is 2.16. The summed E-state index contributed by atoms with van der Waals surface area (Å²) >= 11 is 3.32. The maximum Gasteiger partial charge on any atom is 0.244 e. The van der Waals surface area contributed by atoms with Crippen LogP contribution >= 0.6 is 15.9 Å². The number of hydrogen-bond acceptors (Lipinski definition) is 3. The molecule has 5 nitrogen and oxygen atoms in total. The Balaban J connectivity index is 1.54. The molecule has 0 unspecified atom stereocenters. The minimum Gasteiger partial charge on any atom is -0.340 e. The first-order chi connectivity index (χ1) is 13.4. The summed E-state index contributed by atoms with van der Waals surface area (Å²) in [6, 6.07) is 15.2. The summed E-state index contributed by atoms with van der Waals surface area (Å²) in [6.45, 7) is 3.62. The highest BCUT2D eigenvalue weighted by atomic mass is 79.9. The average molecular weight is 465 g/mol. The molecule has 0 saturated carbocycles. The lowest BCUT2D eigenvalue weighted by Gasteiger charge is -2.34.